The van der Waals surface area contributed by atoms with Crippen LogP contribution in [0.4, 0.5) is 13.2 Å². The van der Waals surface area contributed by atoms with Crippen LogP contribution in [0.3, 0.4) is 0 Å². The van der Waals surface area contributed by atoms with Crippen molar-refractivity contribution >= 4 is 11.5 Å². The molecular formula is C12H11F3N2O. The summed E-state index contributed by atoms with van der Waals surface area (Å²) in [5.74, 6) is -1.89. The maximum atomic E-state index is 12.5. The van der Waals surface area contributed by atoms with E-state index >= 15 is 0 Å². The molecule has 18 heavy (non-hydrogen) atoms. The largest absolute Gasteiger partial charge is 0.456 e. The number of carbonyl (C=O) groups excluding carboxylic acids is 1. The van der Waals surface area contributed by atoms with E-state index in [0.29, 0.717) is 5.56 Å². The van der Waals surface area contributed by atoms with Crippen molar-refractivity contribution in [2.45, 2.75) is 18.5 Å². The van der Waals surface area contributed by atoms with Crippen LogP contribution in [0.5, 0.6) is 0 Å². The first-order chi connectivity index (χ1) is 8.36. The average molecular weight is 256 g/mol. The Balaban J connectivity index is 2.41. The van der Waals surface area contributed by atoms with Crippen molar-refractivity contribution in [1.82, 2.24) is 5.43 Å². The number of hydrogen-bond donors (Lipinski definition) is 1. The molecule has 1 aromatic carbocycles. The van der Waals surface area contributed by atoms with Crippen LogP contribution in [0.2, 0.25) is 0 Å². The topological polar surface area (TPSA) is 41.5 Å². The smallest absolute Gasteiger partial charge is 0.308 e. The molecule has 1 atom stereocenters. The zero-order chi connectivity index (χ0) is 13.4. The summed E-state index contributed by atoms with van der Waals surface area (Å²) in [5.41, 5.74) is 1.58. The molecule has 0 aromatic heterocycles. The van der Waals surface area contributed by atoms with Crippen molar-refractivity contribution in [3.8, 4) is 0 Å². The van der Waals surface area contributed by atoms with Gasteiger partial charge in [0.05, 0.1) is 5.41 Å². The highest BCUT2D eigenvalue weighted by molar-refractivity contribution is 6.45. The van der Waals surface area contributed by atoms with Crippen LogP contribution in [-0.4, -0.2) is 24.2 Å². The first-order valence-corrected chi connectivity index (χ1v) is 5.34. The molecule has 0 fully saturated rings. The second-order valence-electron chi connectivity index (χ2n) is 4.32. The number of nitrogens with zero attached hydrogens (tertiary/aromatic N) is 1. The summed E-state index contributed by atoms with van der Waals surface area (Å²) in [6.45, 7) is 1.75. The van der Waals surface area contributed by atoms with Crippen LogP contribution in [0.25, 0.3) is 0 Å². The van der Waals surface area contributed by atoms with Gasteiger partial charge in [0.25, 0.3) is 5.78 Å². The van der Waals surface area contributed by atoms with E-state index in [0.717, 1.165) is 0 Å². The molecule has 3 nitrogen and oxygen atoms in total. The van der Waals surface area contributed by atoms with Crippen molar-refractivity contribution in [1.29, 1.82) is 0 Å². The molecule has 0 unspecified atom stereocenters. The summed E-state index contributed by atoms with van der Waals surface area (Å²) in [6.07, 6.45) is -4.90. The minimum absolute atomic E-state index is 0.175. The predicted molar refractivity (Wildman–Crippen MR) is 60.3 cm³/mol. The lowest BCUT2D eigenvalue weighted by atomic mass is 9.77. The Morgan fingerprint density at radius 2 is 1.94 bits per heavy atom. The Labute approximate surface area is 102 Å². The van der Waals surface area contributed by atoms with Gasteiger partial charge in [-0.25, -0.2) is 0 Å². The quantitative estimate of drug-likeness (QED) is 0.879. The van der Waals surface area contributed by atoms with Gasteiger partial charge in [0, 0.05) is 6.54 Å². The number of alkyl halides is 3. The molecule has 0 saturated heterocycles. The van der Waals surface area contributed by atoms with Gasteiger partial charge in [-0.3, -0.25) is 4.79 Å². The number of Topliss-reactive ketones (excluding diaryl/α,β-unsaturated/α-hetero) is 1. The van der Waals surface area contributed by atoms with E-state index in [4.69, 9.17) is 0 Å². The molecule has 1 aromatic rings. The van der Waals surface area contributed by atoms with Gasteiger partial charge in [-0.15, -0.1) is 0 Å². The molecule has 0 spiro atoms. The number of hydrazone groups is 1. The maximum absolute atomic E-state index is 12.5. The summed E-state index contributed by atoms with van der Waals surface area (Å²) in [5, 5.41) is 3.53. The summed E-state index contributed by atoms with van der Waals surface area (Å²) < 4.78 is 37.5. The maximum Gasteiger partial charge on any atom is 0.456 e. The van der Waals surface area contributed by atoms with Gasteiger partial charge in [-0.05, 0) is 12.5 Å². The fourth-order valence-corrected chi connectivity index (χ4v) is 1.96. The highest BCUT2D eigenvalue weighted by atomic mass is 19.4. The average Bonchev–Trinajstić information content (AvgIpc) is 2.71. The number of benzene rings is 1. The first kappa shape index (κ1) is 12.6. The number of carbonyl (C=O) groups is 1. The number of halogens is 3. The SMILES string of the molecule is C[C@]1(c2ccccc2)CNN=C1C(=O)C(F)(F)F. The molecule has 6 heteroatoms. The monoisotopic (exact) mass is 256 g/mol. The van der Waals surface area contributed by atoms with E-state index in [9.17, 15) is 18.0 Å². The molecule has 0 aliphatic carbocycles. The summed E-state index contributed by atoms with van der Waals surface area (Å²) >= 11 is 0. The summed E-state index contributed by atoms with van der Waals surface area (Å²) in [6, 6.07) is 8.57. The molecule has 1 aliphatic heterocycles. The third-order valence-corrected chi connectivity index (χ3v) is 3.03. The third-order valence-electron chi connectivity index (χ3n) is 3.03. The fraction of sp³-hybridized carbons (Fsp3) is 0.333. The van der Waals surface area contributed by atoms with Gasteiger partial charge in [0.2, 0.25) is 0 Å². The minimum Gasteiger partial charge on any atom is -0.308 e. The van der Waals surface area contributed by atoms with Gasteiger partial charge < -0.3 is 5.43 Å². The Morgan fingerprint density at radius 1 is 1.33 bits per heavy atom. The van der Waals surface area contributed by atoms with E-state index in [2.05, 4.69) is 10.5 Å². The summed E-state index contributed by atoms with van der Waals surface area (Å²) in [7, 11) is 0. The number of nitrogens with one attached hydrogen (secondary N) is 1. The standard InChI is InChI=1S/C12H11F3N2O/c1-11(8-5-3-2-4-6-8)7-16-17-9(11)10(18)12(13,14)15/h2-6,16H,7H2,1H3/t11-/m1/s1. The number of ketones is 1. The van der Waals surface area contributed by atoms with Crippen LogP contribution in [0.15, 0.2) is 35.4 Å². The molecule has 0 radical (unpaired) electrons. The normalized spacial score (nSPS) is 23.4. The van der Waals surface area contributed by atoms with E-state index in [1.807, 2.05) is 0 Å². The highest BCUT2D eigenvalue weighted by Crippen LogP contribution is 2.31. The molecule has 1 N–H and O–H groups in total. The zero-order valence-electron chi connectivity index (χ0n) is 9.58. The van der Waals surface area contributed by atoms with Crippen LogP contribution in [-0.2, 0) is 10.2 Å². The highest BCUT2D eigenvalue weighted by Gasteiger charge is 2.50. The molecule has 1 heterocycles. The van der Waals surface area contributed by atoms with Crippen LogP contribution in [0, 0.1) is 0 Å². The first-order valence-electron chi connectivity index (χ1n) is 5.34. The lowest BCUT2D eigenvalue weighted by Gasteiger charge is -2.25. The minimum atomic E-state index is -4.90. The number of hydrogen-bond acceptors (Lipinski definition) is 3. The predicted octanol–water partition coefficient (Wildman–Crippen LogP) is 2.03. The molecule has 96 valence electrons. The number of rotatable bonds is 2. The van der Waals surface area contributed by atoms with Gasteiger partial charge in [0.1, 0.15) is 5.71 Å². The zero-order valence-corrected chi connectivity index (χ0v) is 9.58. The Hall–Kier alpha value is -1.85. The van der Waals surface area contributed by atoms with Gasteiger partial charge in [-0.2, -0.15) is 18.3 Å². The van der Waals surface area contributed by atoms with Crippen LogP contribution in [0.1, 0.15) is 12.5 Å². The third kappa shape index (κ3) is 1.98. The van der Waals surface area contributed by atoms with E-state index in [1.165, 1.54) is 0 Å². The van der Waals surface area contributed by atoms with Crippen molar-refractivity contribution < 1.29 is 18.0 Å². The van der Waals surface area contributed by atoms with Crippen LogP contribution >= 0.6 is 0 Å². The van der Waals surface area contributed by atoms with Crippen molar-refractivity contribution in [3.63, 3.8) is 0 Å². The lowest BCUT2D eigenvalue weighted by molar-refractivity contribution is -0.163. The van der Waals surface area contributed by atoms with E-state index < -0.39 is 23.1 Å². The molecule has 1 aliphatic rings. The summed E-state index contributed by atoms with van der Waals surface area (Å²) in [4.78, 5) is 11.4. The van der Waals surface area contributed by atoms with Gasteiger partial charge in [-0.1, -0.05) is 30.3 Å². The van der Waals surface area contributed by atoms with Crippen molar-refractivity contribution in [3.05, 3.63) is 35.9 Å². The van der Waals surface area contributed by atoms with Crippen LogP contribution < -0.4 is 5.43 Å². The second-order valence-corrected chi connectivity index (χ2v) is 4.32. The van der Waals surface area contributed by atoms with Gasteiger partial charge in [0.15, 0.2) is 0 Å². The lowest BCUT2D eigenvalue weighted by Crippen LogP contribution is -2.43. The Bertz CT molecular complexity index is 496. The van der Waals surface area contributed by atoms with E-state index in [-0.39, 0.29) is 6.54 Å². The molecule has 0 saturated carbocycles. The molecule has 2 rings (SSSR count). The van der Waals surface area contributed by atoms with Crippen molar-refractivity contribution in [2.75, 3.05) is 6.54 Å². The fourth-order valence-electron chi connectivity index (χ4n) is 1.96. The second kappa shape index (κ2) is 4.12. The van der Waals surface area contributed by atoms with E-state index in [1.54, 1.807) is 37.3 Å². The molecular weight excluding hydrogens is 245 g/mol. The Kier molecular flexibility index (Phi) is 2.88. The Morgan fingerprint density at radius 3 is 2.50 bits per heavy atom. The van der Waals surface area contributed by atoms with Gasteiger partial charge >= 0.3 is 6.18 Å². The molecule has 0 bridgehead atoms. The molecule has 0 amide bonds. The van der Waals surface area contributed by atoms with Crippen molar-refractivity contribution in [2.24, 2.45) is 5.10 Å².